The average Bonchev–Trinajstić information content (AvgIpc) is 2.27. The number of nitrogens with zero attached hydrogens (tertiary/aromatic N) is 1. The smallest absolute Gasteiger partial charge is 0.224 e. The van der Waals surface area contributed by atoms with Crippen LogP contribution in [0, 0.1) is 11.3 Å². The largest absolute Gasteiger partial charge is 0.417 e. The zero-order valence-corrected chi connectivity index (χ0v) is 10.3. The summed E-state index contributed by atoms with van der Waals surface area (Å²) >= 11 is 0. The molecule has 0 radical (unpaired) electrons. The Balaban J connectivity index is 3.42. The molecule has 0 unspecified atom stereocenters. The van der Waals surface area contributed by atoms with Crippen molar-refractivity contribution in [3.8, 4) is 6.07 Å². The minimum atomic E-state index is -4.75. The third-order valence-corrected chi connectivity index (χ3v) is 4.17. The van der Waals surface area contributed by atoms with Gasteiger partial charge in [0.15, 0.2) is 9.84 Å². The fourth-order valence-corrected chi connectivity index (χ4v) is 2.78. The van der Waals surface area contributed by atoms with Gasteiger partial charge in [-0.1, -0.05) is 6.92 Å². The maximum absolute atomic E-state index is 12.6. The second-order valence-corrected chi connectivity index (χ2v) is 5.74. The minimum Gasteiger partial charge on any atom is -0.224 e. The summed E-state index contributed by atoms with van der Waals surface area (Å²) in [4.78, 5) is -0.407. The van der Waals surface area contributed by atoms with Gasteiger partial charge >= 0.3 is 6.18 Å². The molecule has 0 N–H and O–H groups in total. The first kappa shape index (κ1) is 14.5. The van der Waals surface area contributed by atoms with E-state index in [9.17, 15) is 21.6 Å². The number of alkyl halides is 3. The van der Waals surface area contributed by atoms with Crippen LogP contribution >= 0.6 is 0 Å². The highest BCUT2D eigenvalue weighted by Gasteiger charge is 2.34. The Morgan fingerprint density at radius 3 is 2.39 bits per heavy atom. The molecule has 0 spiro atoms. The van der Waals surface area contributed by atoms with Gasteiger partial charge in [-0.2, -0.15) is 18.4 Å². The molecular weight excluding hydrogens is 267 g/mol. The van der Waals surface area contributed by atoms with Gasteiger partial charge in [0.1, 0.15) is 0 Å². The van der Waals surface area contributed by atoms with E-state index in [1.165, 1.54) is 6.07 Å². The molecule has 0 aliphatic rings. The molecule has 7 heteroatoms. The first-order valence-electron chi connectivity index (χ1n) is 5.06. The standard InChI is InChI=1S/C11H10F3NO2S/c1-2-5-18(16,17)9-4-3-8(7-15)10(6-9)11(12,13)14/h3-4,6H,2,5H2,1H3. The maximum Gasteiger partial charge on any atom is 0.417 e. The molecule has 0 atom stereocenters. The molecular formula is C11H10F3NO2S. The second-order valence-electron chi connectivity index (χ2n) is 3.64. The predicted molar refractivity (Wildman–Crippen MR) is 58.5 cm³/mol. The lowest BCUT2D eigenvalue weighted by atomic mass is 10.1. The van der Waals surface area contributed by atoms with Gasteiger partial charge in [0.25, 0.3) is 0 Å². The van der Waals surface area contributed by atoms with Crippen LogP contribution in [0.4, 0.5) is 13.2 Å². The Morgan fingerprint density at radius 1 is 1.33 bits per heavy atom. The third-order valence-electron chi connectivity index (χ3n) is 2.25. The van der Waals surface area contributed by atoms with E-state index in [4.69, 9.17) is 5.26 Å². The highest BCUT2D eigenvalue weighted by molar-refractivity contribution is 7.91. The predicted octanol–water partition coefficient (Wildman–Crippen LogP) is 2.76. The number of nitriles is 1. The molecule has 98 valence electrons. The number of rotatable bonds is 3. The van der Waals surface area contributed by atoms with Gasteiger partial charge in [-0.15, -0.1) is 0 Å². The van der Waals surface area contributed by atoms with Gasteiger partial charge in [-0.3, -0.25) is 0 Å². The SMILES string of the molecule is CCCS(=O)(=O)c1ccc(C#N)c(C(F)(F)F)c1. The van der Waals surface area contributed by atoms with E-state index in [0.29, 0.717) is 12.5 Å². The fraction of sp³-hybridized carbons (Fsp3) is 0.364. The molecule has 0 aliphatic heterocycles. The molecule has 1 aromatic rings. The summed E-state index contributed by atoms with van der Waals surface area (Å²) in [6.07, 6.45) is -4.44. The van der Waals surface area contributed by atoms with Crippen LogP contribution in [0.3, 0.4) is 0 Å². The Labute approximate surface area is 103 Å². The van der Waals surface area contributed by atoms with E-state index >= 15 is 0 Å². The lowest BCUT2D eigenvalue weighted by molar-refractivity contribution is -0.137. The van der Waals surface area contributed by atoms with Crippen LogP contribution in [0.5, 0.6) is 0 Å². The number of hydrogen-bond acceptors (Lipinski definition) is 3. The van der Waals surface area contributed by atoms with Crippen molar-refractivity contribution in [3.63, 3.8) is 0 Å². The van der Waals surface area contributed by atoms with Gasteiger partial charge in [0.05, 0.1) is 27.8 Å². The Kier molecular flexibility index (Phi) is 4.02. The molecule has 0 amide bonds. The highest BCUT2D eigenvalue weighted by atomic mass is 32.2. The van der Waals surface area contributed by atoms with Crippen LogP contribution in [0.1, 0.15) is 24.5 Å². The van der Waals surface area contributed by atoms with Crippen molar-refractivity contribution >= 4 is 9.84 Å². The van der Waals surface area contributed by atoms with Crippen molar-refractivity contribution in [1.82, 2.24) is 0 Å². The molecule has 1 rings (SSSR count). The molecule has 3 nitrogen and oxygen atoms in total. The van der Waals surface area contributed by atoms with Crippen molar-refractivity contribution < 1.29 is 21.6 Å². The van der Waals surface area contributed by atoms with Gasteiger partial charge in [-0.25, -0.2) is 8.42 Å². The quantitative estimate of drug-likeness (QED) is 0.853. The van der Waals surface area contributed by atoms with E-state index in [1.54, 1.807) is 6.92 Å². The number of sulfone groups is 1. The Bertz CT molecular complexity index is 585. The number of benzene rings is 1. The molecule has 0 saturated heterocycles. The van der Waals surface area contributed by atoms with Gasteiger partial charge in [-0.05, 0) is 24.6 Å². The van der Waals surface area contributed by atoms with Crippen LogP contribution in [0.15, 0.2) is 23.1 Å². The summed E-state index contributed by atoms with van der Waals surface area (Å²) in [5, 5.41) is 8.58. The molecule has 0 fully saturated rings. The maximum atomic E-state index is 12.6. The molecule has 0 aromatic heterocycles. The lowest BCUT2D eigenvalue weighted by Crippen LogP contribution is -2.12. The molecule has 0 saturated carbocycles. The highest BCUT2D eigenvalue weighted by Crippen LogP contribution is 2.33. The van der Waals surface area contributed by atoms with Crippen LogP contribution in [-0.2, 0) is 16.0 Å². The van der Waals surface area contributed by atoms with Gasteiger partial charge in [0, 0.05) is 0 Å². The average molecular weight is 277 g/mol. The summed E-state index contributed by atoms with van der Waals surface area (Å²) < 4.78 is 61.3. The number of hydrogen-bond donors (Lipinski definition) is 0. The lowest BCUT2D eigenvalue weighted by Gasteiger charge is -2.10. The molecule has 0 bridgehead atoms. The van der Waals surface area contributed by atoms with Crippen molar-refractivity contribution in [2.45, 2.75) is 24.4 Å². The van der Waals surface area contributed by atoms with Crippen LogP contribution in [0.25, 0.3) is 0 Å². The normalized spacial score (nSPS) is 12.2. The molecule has 1 aromatic carbocycles. The van der Waals surface area contributed by atoms with E-state index in [-0.39, 0.29) is 5.75 Å². The van der Waals surface area contributed by atoms with Crippen molar-refractivity contribution in [1.29, 1.82) is 5.26 Å². The summed E-state index contributed by atoms with van der Waals surface area (Å²) in [5.41, 5.74) is -1.81. The third kappa shape index (κ3) is 3.01. The first-order valence-corrected chi connectivity index (χ1v) is 6.71. The summed E-state index contributed by atoms with van der Waals surface area (Å²) in [6, 6.07) is 3.82. The first-order chi connectivity index (χ1) is 8.22. The van der Waals surface area contributed by atoms with Crippen molar-refractivity contribution in [2.75, 3.05) is 5.75 Å². The summed E-state index contributed by atoms with van der Waals surface area (Å²) in [7, 11) is -3.73. The molecule has 0 heterocycles. The monoisotopic (exact) mass is 277 g/mol. The van der Waals surface area contributed by atoms with Crippen LogP contribution < -0.4 is 0 Å². The summed E-state index contributed by atoms with van der Waals surface area (Å²) in [5.74, 6) is -0.226. The van der Waals surface area contributed by atoms with E-state index in [1.807, 2.05) is 0 Å². The second kappa shape index (κ2) is 4.98. The molecule has 0 aliphatic carbocycles. The van der Waals surface area contributed by atoms with Crippen LogP contribution in [-0.4, -0.2) is 14.2 Å². The number of halogens is 3. The van der Waals surface area contributed by atoms with Crippen molar-refractivity contribution in [2.24, 2.45) is 0 Å². The van der Waals surface area contributed by atoms with Crippen molar-refractivity contribution in [3.05, 3.63) is 29.3 Å². The zero-order valence-electron chi connectivity index (χ0n) is 9.45. The topological polar surface area (TPSA) is 57.9 Å². The van der Waals surface area contributed by atoms with E-state index in [0.717, 1.165) is 12.1 Å². The summed E-state index contributed by atoms with van der Waals surface area (Å²) in [6.45, 7) is 1.62. The van der Waals surface area contributed by atoms with E-state index < -0.39 is 32.0 Å². The van der Waals surface area contributed by atoms with Crippen LogP contribution in [0.2, 0.25) is 0 Å². The van der Waals surface area contributed by atoms with Gasteiger partial charge in [0.2, 0.25) is 0 Å². The van der Waals surface area contributed by atoms with E-state index in [2.05, 4.69) is 0 Å². The zero-order chi connectivity index (χ0) is 14.0. The Morgan fingerprint density at radius 2 is 1.94 bits per heavy atom. The molecule has 18 heavy (non-hydrogen) atoms. The van der Waals surface area contributed by atoms with Gasteiger partial charge < -0.3 is 0 Å². The Hall–Kier alpha value is -1.55. The minimum absolute atomic E-state index is 0.226. The fourth-order valence-electron chi connectivity index (χ4n) is 1.44.